The molecule has 1 heterocycles. The summed E-state index contributed by atoms with van der Waals surface area (Å²) in [7, 11) is 3.46. The molecule has 0 aliphatic heterocycles. The van der Waals surface area contributed by atoms with E-state index in [1.54, 1.807) is 7.11 Å². The van der Waals surface area contributed by atoms with Crippen LogP contribution in [0.25, 0.3) is 10.9 Å². The number of ketones is 1. The molecular formula is C14H18N2O2. The fraction of sp³-hybridized carbons (Fsp3) is 0.429. The normalized spacial score (nSPS) is 12.8. The van der Waals surface area contributed by atoms with Crippen LogP contribution in [0.15, 0.2) is 24.3 Å². The molecule has 96 valence electrons. The molecule has 4 nitrogen and oxygen atoms in total. The van der Waals surface area contributed by atoms with Crippen LogP contribution in [0, 0.1) is 0 Å². The van der Waals surface area contributed by atoms with Gasteiger partial charge in [0.1, 0.15) is 6.10 Å². The van der Waals surface area contributed by atoms with E-state index >= 15 is 0 Å². The maximum absolute atomic E-state index is 12.1. The molecule has 0 radical (unpaired) electrons. The third kappa shape index (κ3) is 2.29. The van der Waals surface area contributed by atoms with E-state index in [0.717, 1.165) is 16.6 Å². The van der Waals surface area contributed by atoms with E-state index in [0.29, 0.717) is 12.8 Å². The number of para-hydroxylation sites is 1. The fourth-order valence-corrected chi connectivity index (χ4v) is 2.22. The molecule has 0 aliphatic rings. The third-order valence-corrected chi connectivity index (χ3v) is 3.19. The molecule has 1 unspecified atom stereocenters. The number of methoxy groups -OCH3 is 1. The first-order chi connectivity index (χ1) is 8.67. The maximum Gasteiger partial charge on any atom is 0.167 e. The van der Waals surface area contributed by atoms with E-state index in [1.807, 2.05) is 42.9 Å². The van der Waals surface area contributed by atoms with E-state index in [2.05, 4.69) is 5.10 Å². The summed E-state index contributed by atoms with van der Waals surface area (Å²) in [5.41, 5.74) is 1.87. The van der Waals surface area contributed by atoms with Gasteiger partial charge in [0.2, 0.25) is 0 Å². The number of aryl methyl sites for hydroxylation is 1. The molecule has 0 aliphatic carbocycles. The van der Waals surface area contributed by atoms with Crippen molar-refractivity contribution >= 4 is 16.7 Å². The minimum atomic E-state index is -0.328. The van der Waals surface area contributed by atoms with E-state index in [4.69, 9.17) is 4.74 Å². The first-order valence-corrected chi connectivity index (χ1v) is 6.13. The Labute approximate surface area is 107 Å². The van der Waals surface area contributed by atoms with E-state index in [-0.39, 0.29) is 11.9 Å². The van der Waals surface area contributed by atoms with E-state index in [1.165, 1.54) is 0 Å². The minimum Gasteiger partial charge on any atom is -0.374 e. The standard InChI is InChI=1S/C14H18N2O2/c1-4-14(18-3)13(17)9-11-10-7-5-6-8-12(10)16(2)15-11/h5-8,14H,4,9H2,1-3H3. The third-order valence-electron chi connectivity index (χ3n) is 3.19. The molecule has 0 spiro atoms. The summed E-state index contributed by atoms with van der Waals surface area (Å²) in [6, 6.07) is 7.94. The molecule has 1 aromatic heterocycles. The van der Waals surface area contributed by atoms with Crippen molar-refractivity contribution in [2.24, 2.45) is 7.05 Å². The van der Waals surface area contributed by atoms with Gasteiger partial charge >= 0.3 is 0 Å². The quantitative estimate of drug-likeness (QED) is 0.811. The summed E-state index contributed by atoms with van der Waals surface area (Å²) in [4.78, 5) is 12.1. The molecule has 2 rings (SSSR count). The van der Waals surface area contributed by atoms with Crippen molar-refractivity contribution < 1.29 is 9.53 Å². The summed E-state index contributed by atoms with van der Waals surface area (Å²) in [6.07, 6.45) is 0.694. The number of carbonyl (C=O) groups excluding carboxylic acids is 1. The van der Waals surface area contributed by atoms with Crippen LogP contribution in [-0.4, -0.2) is 28.8 Å². The summed E-state index contributed by atoms with van der Waals surface area (Å²) < 4.78 is 6.98. The van der Waals surface area contributed by atoms with Gasteiger partial charge in [-0.05, 0) is 12.5 Å². The number of carbonyl (C=O) groups is 1. The number of nitrogens with zero attached hydrogens (tertiary/aromatic N) is 2. The zero-order chi connectivity index (χ0) is 13.1. The van der Waals surface area contributed by atoms with Crippen LogP contribution >= 0.6 is 0 Å². The molecule has 0 saturated carbocycles. The lowest BCUT2D eigenvalue weighted by molar-refractivity contribution is -0.128. The second kappa shape index (κ2) is 5.31. The van der Waals surface area contributed by atoms with Crippen molar-refractivity contribution in [3.8, 4) is 0 Å². The number of rotatable bonds is 5. The molecule has 4 heteroatoms. The Balaban J connectivity index is 2.30. The van der Waals surface area contributed by atoms with Gasteiger partial charge in [-0.15, -0.1) is 0 Å². The number of fused-ring (bicyclic) bond motifs is 1. The minimum absolute atomic E-state index is 0.0869. The molecule has 0 N–H and O–H groups in total. The topological polar surface area (TPSA) is 44.1 Å². The highest BCUT2D eigenvalue weighted by Crippen LogP contribution is 2.18. The van der Waals surface area contributed by atoms with Crippen LogP contribution in [0.4, 0.5) is 0 Å². The molecule has 1 atom stereocenters. The molecule has 18 heavy (non-hydrogen) atoms. The lowest BCUT2D eigenvalue weighted by Crippen LogP contribution is -2.24. The Morgan fingerprint density at radius 1 is 1.44 bits per heavy atom. The number of ether oxygens (including phenoxy) is 1. The zero-order valence-corrected chi connectivity index (χ0v) is 11.0. The molecule has 0 bridgehead atoms. The number of hydrogen-bond donors (Lipinski definition) is 0. The van der Waals surface area contributed by atoms with Crippen LogP contribution < -0.4 is 0 Å². The Morgan fingerprint density at radius 2 is 2.17 bits per heavy atom. The molecular weight excluding hydrogens is 228 g/mol. The van der Waals surface area contributed by atoms with Gasteiger partial charge in [0, 0.05) is 19.5 Å². The Hall–Kier alpha value is -1.68. The van der Waals surface area contributed by atoms with Gasteiger partial charge in [0.05, 0.1) is 17.6 Å². The molecule has 1 aromatic carbocycles. The largest absolute Gasteiger partial charge is 0.374 e. The SMILES string of the molecule is CCC(OC)C(=O)Cc1nn(C)c2ccccc12. The van der Waals surface area contributed by atoms with Crippen molar-refractivity contribution in [3.05, 3.63) is 30.0 Å². The van der Waals surface area contributed by atoms with Gasteiger partial charge in [-0.1, -0.05) is 25.1 Å². The summed E-state index contributed by atoms with van der Waals surface area (Å²) >= 11 is 0. The Bertz CT molecular complexity index is 556. The first-order valence-electron chi connectivity index (χ1n) is 6.13. The monoisotopic (exact) mass is 246 g/mol. The zero-order valence-electron chi connectivity index (χ0n) is 11.0. The van der Waals surface area contributed by atoms with Crippen LogP contribution in [0.2, 0.25) is 0 Å². The average molecular weight is 246 g/mol. The smallest absolute Gasteiger partial charge is 0.167 e. The highest BCUT2D eigenvalue weighted by molar-refractivity contribution is 5.90. The molecule has 0 amide bonds. The first kappa shape index (κ1) is 12.8. The Morgan fingerprint density at radius 3 is 2.83 bits per heavy atom. The van der Waals surface area contributed by atoms with Crippen LogP contribution in [-0.2, 0) is 23.0 Å². The van der Waals surface area contributed by atoms with Gasteiger partial charge in [-0.2, -0.15) is 5.10 Å². The van der Waals surface area contributed by atoms with E-state index in [9.17, 15) is 4.79 Å². The summed E-state index contributed by atoms with van der Waals surface area (Å²) in [6.45, 7) is 1.95. The number of benzene rings is 1. The predicted molar refractivity (Wildman–Crippen MR) is 70.5 cm³/mol. The summed E-state index contributed by atoms with van der Waals surface area (Å²) in [5, 5.41) is 5.46. The Kier molecular flexibility index (Phi) is 3.77. The van der Waals surface area contributed by atoms with E-state index < -0.39 is 0 Å². The highest BCUT2D eigenvalue weighted by Gasteiger charge is 2.19. The van der Waals surface area contributed by atoms with Gasteiger partial charge < -0.3 is 4.74 Å². The van der Waals surface area contributed by atoms with Gasteiger partial charge in [0.15, 0.2) is 5.78 Å². The average Bonchev–Trinajstić information content (AvgIpc) is 2.69. The fourth-order valence-electron chi connectivity index (χ4n) is 2.22. The number of aromatic nitrogens is 2. The number of Topliss-reactive ketones (excluding diaryl/α,β-unsaturated/α-hetero) is 1. The van der Waals surface area contributed by atoms with Crippen molar-refractivity contribution in [2.75, 3.05) is 7.11 Å². The second-order valence-electron chi connectivity index (χ2n) is 4.36. The van der Waals surface area contributed by atoms with Crippen molar-refractivity contribution in [1.29, 1.82) is 0 Å². The number of hydrogen-bond acceptors (Lipinski definition) is 3. The summed E-state index contributed by atoms with van der Waals surface area (Å²) in [5.74, 6) is 0.0869. The maximum atomic E-state index is 12.1. The van der Waals surface area contributed by atoms with Crippen LogP contribution in [0.5, 0.6) is 0 Å². The van der Waals surface area contributed by atoms with Gasteiger partial charge in [-0.3, -0.25) is 9.48 Å². The van der Waals surface area contributed by atoms with Crippen molar-refractivity contribution in [3.63, 3.8) is 0 Å². The molecule has 2 aromatic rings. The lowest BCUT2D eigenvalue weighted by Gasteiger charge is -2.10. The van der Waals surface area contributed by atoms with Gasteiger partial charge in [0.25, 0.3) is 0 Å². The van der Waals surface area contributed by atoms with Crippen molar-refractivity contribution in [2.45, 2.75) is 25.9 Å². The molecule has 0 saturated heterocycles. The molecule has 0 fully saturated rings. The predicted octanol–water partition coefficient (Wildman–Crippen LogP) is 2.11. The lowest BCUT2D eigenvalue weighted by atomic mass is 10.1. The van der Waals surface area contributed by atoms with Crippen molar-refractivity contribution in [1.82, 2.24) is 9.78 Å². The van der Waals surface area contributed by atoms with Crippen LogP contribution in [0.3, 0.4) is 0 Å². The second-order valence-corrected chi connectivity index (χ2v) is 4.36. The van der Waals surface area contributed by atoms with Crippen LogP contribution in [0.1, 0.15) is 19.0 Å². The van der Waals surface area contributed by atoms with Gasteiger partial charge in [-0.25, -0.2) is 0 Å². The highest BCUT2D eigenvalue weighted by atomic mass is 16.5.